The number of aromatic nitrogens is 1. The van der Waals surface area contributed by atoms with Gasteiger partial charge in [0, 0.05) is 47.4 Å². The van der Waals surface area contributed by atoms with Gasteiger partial charge in [0.15, 0.2) is 0 Å². The minimum atomic E-state index is -3.73. The van der Waals surface area contributed by atoms with E-state index in [4.69, 9.17) is 22.2 Å². The number of nitrogens with two attached hydrogens (primary N) is 1. The third-order valence-corrected chi connectivity index (χ3v) is 1.58. The molecule has 1 aromatic rings. The van der Waals surface area contributed by atoms with E-state index in [0.717, 1.165) is 12.3 Å². The summed E-state index contributed by atoms with van der Waals surface area (Å²) in [5.74, 6) is -4.24. The van der Waals surface area contributed by atoms with E-state index in [1.54, 1.807) is 0 Å². The predicted molar refractivity (Wildman–Crippen MR) is 59.3 cm³/mol. The van der Waals surface area contributed by atoms with Crippen molar-refractivity contribution < 1.29 is 16.4 Å². The number of piperidine rings is 1. The average molecular weight is 203 g/mol. The Labute approximate surface area is 102 Å². The normalized spacial score (nSPS) is 55.6. The third-order valence-electron chi connectivity index (χ3n) is 1.58. The molecule has 1 atom stereocenters. The zero-order valence-electron chi connectivity index (χ0n) is 19.2. The van der Waals surface area contributed by atoms with Gasteiger partial charge in [0.05, 0.1) is 0 Å². The molecule has 1 aliphatic rings. The molecular formula is C11H17N3. The molecule has 1 fully saturated rings. The summed E-state index contributed by atoms with van der Waals surface area (Å²) >= 11 is 0. The van der Waals surface area contributed by atoms with Crippen LogP contribution in [0.3, 0.4) is 0 Å². The Morgan fingerprint density at radius 3 is 3.57 bits per heavy atom. The Morgan fingerprint density at radius 1 is 1.86 bits per heavy atom. The topological polar surface area (TPSA) is 42.1 Å². The van der Waals surface area contributed by atoms with Gasteiger partial charge < -0.3 is 10.6 Å². The summed E-state index contributed by atoms with van der Waals surface area (Å²) in [5.41, 5.74) is 5.59. The molecule has 2 rings (SSSR count). The maximum Gasteiger partial charge on any atom is 0.130 e. The molecule has 0 aliphatic carbocycles. The highest BCUT2D eigenvalue weighted by atomic mass is 15.2. The number of nitrogen functional groups attached to an aromatic ring is 1. The van der Waals surface area contributed by atoms with Crippen molar-refractivity contribution in [2.45, 2.75) is 19.6 Å². The summed E-state index contributed by atoms with van der Waals surface area (Å²) in [4.78, 5) is 3.78. The van der Waals surface area contributed by atoms with Crippen molar-refractivity contribution >= 4 is 11.5 Å². The molecular weight excluding hydrogens is 174 g/mol. The molecule has 76 valence electrons. The third kappa shape index (κ3) is 1.97. The monoisotopic (exact) mass is 203 g/mol. The van der Waals surface area contributed by atoms with Crippen LogP contribution < -0.4 is 10.6 Å². The Kier molecular flexibility index (Phi) is 0.732. The first-order chi connectivity index (χ1) is 11.4. The van der Waals surface area contributed by atoms with E-state index in [9.17, 15) is 0 Å². The Morgan fingerprint density at radius 2 is 2.79 bits per heavy atom. The largest absolute Gasteiger partial charge is 0.399 e. The molecule has 0 saturated carbocycles. The molecule has 1 aromatic heterocycles. The maximum atomic E-state index is 8.22. The molecule has 14 heavy (non-hydrogen) atoms. The molecule has 0 bridgehead atoms. The fourth-order valence-electron chi connectivity index (χ4n) is 0.985. The van der Waals surface area contributed by atoms with E-state index < -0.39 is 44.3 Å². The molecule has 0 amide bonds. The maximum absolute atomic E-state index is 8.22. The molecule has 3 heteroatoms. The van der Waals surface area contributed by atoms with Crippen LogP contribution in [-0.4, -0.2) is 18.0 Å². The first kappa shape index (κ1) is 2.65. The van der Waals surface area contributed by atoms with Crippen LogP contribution in [0.4, 0.5) is 11.5 Å². The van der Waals surface area contributed by atoms with Crippen LogP contribution in [0, 0.1) is 5.89 Å². The van der Waals surface area contributed by atoms with Crippen LogP contribution >= 0.6 is 0 Å². The van der Waals surface area contributed by atoms with Gasteiger partial charge in [-0.15, -0.1) is 0 Å². The summed E-state index contributed by atoms with van der Waals surface area (Å²) in [5, 5.41) is 0. The number of pyridine rings is 1. The van der Waals surface area contributed by atoms with Crippen LogP contribution in [0.1, 0.15) is 36.0 Å². The van der Waals surface area contributed by atoms with Gasteiger partial charge in [-0.25, -0.2) is 4.98 Å². The minimum Gasteiger partial charge on any atom is -0.399 e. The molecule has 0 aromatic carbocycles. The van der Waals surface area contributed by atoms with Gasteiger partial charge in [-0.1, -0.05) is 6.85 Å². The van der Waals surface area contributed by atoms with Gasteiger partial charge in [0.2, 0.25) is 0 Å². The van der Waals surface area contributed by atoms with Crippen molar-refractivity contribution in [2.24, 2.45) is 5.89 Å². The Balaban J connectivity index is 2.93. The van der Waals surface area contributed by atoms with Crippen molar-refractivity contribution in [3.05, 3.63) is 18.3 Å². The highest BCUT2D eigenvalue weighted by molar-refractivity contribution is 5.50. The Hall–Kier alpha value is -1.25. The van der Waals surface area contributed by atoms with E-state index in [-0.39, 0.29) is 10.6 Å². The summed E-state index contributed by atoms with van der Waals surface area (Å²) < 4.78 is 95.2. The van der Waals surface area contributed by atoms with Gasteiger partial charge >= 0.3 is 0 Å². The van der Waals surface area contributed by atoms with Crippen LogP contribution in [0.5, 0.6) is 0 Å². The van der Waals surface area contributed by atoms with Gasteiger partial charge in [-0.05, 0) is 24.7 Å². The number of anilines is 2. The van der Waals surface area contributed by atoms with Gasteiger partial charge in [0.1, 0.15) is 5.82 Å². The van der Waals surface area contributed by atoms with E-state index in [0.29, 0.717) is 0 Å². The quantitative estimate of drug-likeness (QED) is 0.758. The minimum absolute atomic E-state index is 0.0141. The summed E-state index contributed by atoms with van der Waals surface area (Å²) in [6, 6.07) is 2.29. The van der Waals surface area contributed by atoms with E-state index in [1.165, 1.54) is 6.07 Å². The molecule has 0 radical (unpaired) electrons. The van der Waals surface area contributed by atoms with Crippen molar-refractivity contribution in [2.75, 3.05) is 23.6 Å². The van der Waals surface area contributed by atoms with Crippen LogP contribution in [-0.2, 0) is 0 Å². The molecule has 1 aliphatic heterocycles. The smallest absolute Gasteiger partial charge is 0.130 e. The standard InChI is InChI=1S/C11H17N3/c1-9-3-2-6-14(8-9)11-7-10(12)4-5-13-11/h4-5,7,9H,2-3,6,8H2,1H3,(H2,12,13)/i1D3,2D2,3D2,6D2,8D2,9D. The van der Waals surface area contributed by atoms with E-state index in [1.807, 2.05) is 0 Å². The zero-order chi connectivity index (χ0) is 20.6. The lowest BCUT2D eigenvalue weighted by Gasteiger charge is -2.31. The highest BCUT2D eigenvalue weighted by Gasteiger charge is 2.17. The number of hydrogen-bond donors (Lipinski definition) is 1. The summed E-state index contributed by atoms with van der Waals surface area (Å²) in [6.45, 7) is -10.5. The van der Waals surface area contributed by atoms with Crippen LogP contribution in [0.15, 0.2) is 18.3 Å². The van der Waals surface area contributed by atoms with Crippen molar-refractivity contribution in [3.8, 4) is 0 Å². The first-order valence-electron chi connectivity index (χ1n) is 9.89. The first-order valence-corrected chi connectivity index (χ1v) is 3.89. The van der Waals surface area contributed by atoms with Crippen molar-refractivity contribution in [1.29, 1.82) is 0 Å². The van der Waals surface area contributed by atoms with Gasteiger partial charge in [0.25, 0.3) is 0 Å². The summed E-state index contributed by atoms with van der Waals surface area (Å²) in [7, 11) is 0. The number of nitrogens with zero attached hydrogens (tertiary/aromatic N) is 2. The second kappa shape index (κ2) is 3.86. The fourth-order valence-corrected chi connectivity index (χ4v) is 0.985. The van der Waals surface area contributed by atoms with E-state index in [2.05, 4.69) is 4.98 Å². The van der Waals surface area contributed by atoms with Gasteiger partial charge in [-0.2, -0.15) is 0 Å². The van der Waals surface area contributed by atoms with Crippen LogP contribution in [0.2, 0.25) is 0 Å². The molecule has 2 heterocycles. The average Bonchev–Trinajstić information content (AvgIpc) is 2.42. The Bertz CT molecular complexity index is 715. The molecule has 1 saturated heterocycles. The molecule has 0 spiro atoms. The zero-order valence-corrected chi connectivity index (χ0v) is 7.20. The predicted octanol–water partition coefficient (Wildman–Crippen LogP) is 1.90. The lowest BCUT2D eigenvalue weighted by molar-refractivity contribution is 0.444. The fraction of sp³-hybridized carbons (Fsp3) is 0.545. The molecule has 1 unspecified atom stereocenters. The molecule has 3 nitrogen and oxygen atoms in total. The lowest BCUT2D eigenvalue weighted by Crippen LogP contribution is -2.34. The number of rotatable bonds is 1. The van der Waals surface area contributed by atoms with Crippen molar-refractivity contribution in [1.82, 2.24) is 4.98 Å². The lowest BCUT2D eigenvalue weighted by atomic mass is 10.0. The second-order valence-electron chi connectivity index (χ2n) is 2.63. The summed E-state index contributed by atoms with van der Waals surface area (Å²) in [6.07, 6.45) is -6.24. The van der Waals surface area contributed by atoms with Crippen molar-refractivity contribution in [3.63, 3.8) is 0 Å². The van der Waals surface area contributed by atoms with Crippen LogP contribution in [0.25, 0.3) is 0 Å². The highest BCUT2D eigenvalue weighted by Crippen LogP contribution is 2.21. The number of hydrogen-bond acceptors (Lipinski definition) is 3. The molecule has 2 N–H and O–H groups in total. The second-order valence-corrected chi connectivity index (χ2v) is 2.63. The van der Waals surface area contributed by atoms with E-state index >= 15 is 0 Å². The SMILES string of the molecule is [2H]C([2H])([2H])C1([2H])C([2H])([2H])N(c2cc(N)ccn2)C([2H])([2H])C([2H])([2H])C1([2H])[2H]. The van der Waals surface area contributed by atoms with Gasteiger partial charge in [-0.3, -0.25) is 0 Å².